The van der Waals surface area contributed by atoms with Crippen molar-refractivity contribution in [2.24, 2.45) is 11.1 Å². The molecule has 0 radical (unpaired) electrons. The topological polar surface area (TPSA) is 26.0 Å². The van der Waals surface area contributed by atoms with E-state index >= 15 is 0 Å². The molecule has 0 spiro atoms. The SMILES string of the molecule is Cc1ccc(C(N)CC#CC(C)(C)C)c(F)c1. The van der Waals surface area contributed by atoms with Gasteiger partial charge in [0.2, 0.25) is 0 Å². The molecule has 1 rings (SSSR count). The lowest BCUT2D eigenvalue weighted by atomic mass is 9.96. The van der Waals surface area contributed by atoms with Crippen LogP contribution in [-0.2, 0) is 0 Å². The van der Waals surface area contributed by atoms with Crippen LogP contribution >= 0.6 is 0 Å². The van der Waals surface area contributed by atoms with E-state index in [-0.39, 0.29) is 17.3 Å². The van der Waals surface area contributed by atoms with Crippen LogP contribution in [0.15, 0.2) is 18.2 Å². The van der Waals surface area contributed by atoms with Gasteiger partial charge in [-0.25, -0.2) is 4.39 Å². The maximum Gasteiger partial charge on any atom is 0.128 e. The van der Waals surface area contributed by atoms with Gasteiger partial charge in [0.05, 0.1) is 0 Å². The van der Waals surface area contributed by atoms with Crippen LogP contribution in [-0.4, -0.2) is 0 Å². The Bertz CT molecular complexity index is 446. The molecule has 17 heavy (non-hydrogen) atoms. The molecule has 0 aliphatic heterocycles. The first-order valence-electron chi connectivity index (χ1n) is 5.81. The molecule has 2 N–H and O–H groups in total. The maximum atomic E-state index is 13.6. The summed E-state index contributed by atoms with van der Waals surface area (Å²) in [7, 11) is 0. The molecule has 1 atom stereocenters. The van der Waals surface area contributed by atoms with E-state index in [0.717, 1.165) is 5.56 Å². The van der Waals surface area contributed by atoms with Crippen molar-refractivity contribution in [1.29, 1.82) is 0 Å². The number of aryl methyl sites for hydroxylation is 1. The van der Waals surface area contributed by atoms with E-state index in [2.05, 4.69) is 11.8 Å². The summed E-state index contributed by atoms with van der Waals surface area (Å²) < 4.78 is 13.6. The summed E-state index contributed by atoms with van der Waals surface area (Å²) in [6.45, 7) is 7.98. The van der Waals surface area contributed by atoms with E-state index in [9.17, 15) is 4.39 Å². The van der Waals surface area contributed by atoms with Crippen LogP contribution in [0.2, 0.25) is 0 Å². The summed E-state index contributed by atoms with van der Waals surface area (Å²) in [4.78, 5) is 0. The molecular weight excluding hydrogens is 213 g/mol. The number of nitrogens with two attached hydrogens (primary N) is 1. The van der Waals surface area contributed by atoms with Gasteiger partial charge in [-0.2, -0.15) is 0 Å². The third-order valence-corrected chi connectivity index (χ3v) is 2.34. The second-order valence-electron chi connectivity index (χ2n) is 5.39. The third-order valence-electron chi connectivity index (χ3n) is 2.34. The molecule has 2 heteroatoms. The van der Waals surface area contributed by atoms with E-state index in [1.807, 2.05) is 33.8 Å². The van der Waals surface area contributed by atoms with Crippen LogP contribution in [0.25, 0.3) is 0 Å². The Kier molecular flexibility index (Phi) is 4.31. The first-order chi connectivity index (χ1) is 7.79. The molecule has 92 valence electrons. The minimum Gasteiger partial charge on any atom is -0.323 e. The van der Waals surface area contributed by atoms with Gasteiger partial charge in [0.25, 0.3) is 0 Å². The van der Waals surface area contributed by atoms with Crippen molar-refractivity contribution in [2.45, 2.75) is 40.2 Å². The number of halogens is 1. The van der Waals surface area contributed by atoms with Crippen molar-refractivity contribution in [1.82, 2.24) is 0 Å². The molecule has 1 nitrogen and oxygen atoms in total. The normalized spacial score (nSPS) is 12.8. The Morgan fingerprint density at radius 2 is 2.00 bits per heavy atom. The molecule has 0 aromatic heterocycles. The summed E-state index contributed by atoms with van der Waals surface area (Å²) in [5.74, 6) is 5.88. The van der Waals surface area contributed by atoms with Crippen LogP contribution < -0.4 is 5.73 Å². The highest BCUT2D eigenvalue weighted by Gasteiger charge is 2.10. The molecule has 0 fully saturated rings. The molecule has 0 heterocycles. The van der Waals surface area contributed by atoms with E-state index < -0.39 is 0 Å². The van der Waals surface area contributed by atoms with Gasteiger partial charge in [0.1, 0.15) is 5.82 Å². The summed E-state index contributed by atoms with van der Waals surface area (Å²) in [6.07, 6.45) is 0.483. The molecule has 0 aliphatic rings. The molecule has 0 amide bonds. The average Bonchev–Trinajstić information content (AvgIpc) is 2.15. The minimum atomic E-state index is -0.356. The van der Waals surface area contributed by atoms with Crippen molar-refractivity contribution in [3.63, 3.8) is 0 Å². The predicted molar refractivity (Wildman–Crippen MR) is 69.9 cm³/mol. The van der Waals surface area contributed by atoms with E-state index in [0.29, 0.717) is 12.0 Å². The molecule has 0 saturated heterocycles. The fourth-order valence-corrected chi connectivity index (χ4v) is 1.47. The van der Waals surface area contributed by atoms with Crippen LogP contribution in [0.1, 0.15) is 44.4 Å². The van der Waals surface area contributed by atoms with Gasteiger partial charge in [0.15, 0.2) is 0 Å². The van der Waals surface area contributed by atoms with Crippen LogP contribution in [0.5, 0.6) is 0 Å². The zero-order valence-corrected chi connectivity index (χ0v) is 11.0. The number of hydrogen-bond donors (Lipinski definition) is 1. The van der Waals surface area contributed by atoms with Gasteiger partial charge in [-0.05, 0) is 39.3 Å². The van der Waals surface area contributed by atoms with Crippen LogP contribution in [0.3, 0.4) is 0 Å². The summed E-state index contributed by atoms with van der Waals surface area (Å²) in [5.41, 5.74) is 7.34. The van der Waals surface area contributed by atoms with Gasteiger partial charge in [0, 0.05) is 23.4 Å². The molecule has 1 unspecified atom stereocenters. The predicted octanol–water partition coefficient (Wildman–Crippen LogP) is 3.57. The lowest BCUT2D eigenvalue weighted by molar-refractivity contribution is 0.567. The van der Waals surface area contributed by atoms with Gasteiger partial charge in [-0.15, -0.1) is 5.92 Å². The quantitative estimate of drug-likeness (QED) is 0.776. The standard InChI is InChI=1S/C15H20FN/c1-11-7-8-12(13(16)10-11)14(17)6-5-9-15(2,3)4/h7-8,10,14H,6,17H2,1-4H3. The zero-order chi connectivity index (χ0) is 13.1. The van der Waals surface area contributed by atoms with Crippen molar-refractivity contribution >= 4 is 0 Å². The lowest BCUT2D eigenvalue weighted by Crippen LogP contribution is -2.11. The van der Waals surface area contributed by atoms with Gasteiger partial charge in [-0.1, -0.05) is 18.1 Å². The van der Waals surface area contributed by atoms with Crippen molar-refractivity contribution in [2.75, 3.05) is 0 Å². The fraction of sp³-hybridized carbons (Fsp3) is 0.467. The molecule has 0 aliphatic carbocycles. The Morgan fingerprint density at radius 1 is 1.35 bits per heavy atom. The van der Waals surface area contributed by atoms with Gasteiger partial charge in [-0.3, -0.25) is 0 Å². The van der Waals surface area contributed by atoms with Crippen LogP contribution in [0.4, 0.5) is 4.39 Å². The van der Waals surface area contributed by atoms with Gasteiger partial charge < -0.3 is 5.73 Å². The first kappa shape index (κ1) is 13.7. The van der Waals surface area contributed by atoms with Crippen molar-refractivity contribution in [3.8, 4) is 11.8 Å². The largest absolute Gasteiger partial charge is 0.323 e. The molecule has 0 bridgehead atoms. The Balaban J connectivity index is 2.76. The summed E-state index contributed by atoms with van der Waals surface area (Å²) >= 11 is 0. The molecule has 1 aromatic rings. The number of rotatable bonds is 2. The highest BCUT2D eigenvalue weighted by molar-refractivity contribution is 5.27. The highest BCUT2D eigenvalue weighted by Crippen LogP contribution is 2.19. The van der Waals surface area contributed by atoms with E-state index in [4.69, 9.17) is 5.73 Å². The fourth-order valence-electron chi connectivity index (χ4n) is 1.47. The summed E-state index contributed by atoms with van der Waals surface area (Å²) in [6, 6.07) is 4.76. The Hall–Kier alpha value is -1.33. The smallest absolute Gasteiger partial charge is 0.128 e. The Morgan fingerprint density at radius 3 is 2.53 bits per heavy atom. The third kappa shape index (κ3) is 4.58. The average molecular weight is 233 g/mol. The van der Waals surface area contributed by atoms with E-state index in [1.165, 1.54) is 6.07 Å². The Labute approximate surface area is 103 Å². The second kappa shape index (κ2) is 5.33. The number of hydrogen-bond acceptors (Lipinski definition) is 1. The monoisotopic (exact) mass is 233 g/mol. The van der Waals surface area contributed by atoms with Crippen LogP contribution in [0, 0.1) is 30.0 Å². The zero-order valence-electron chi connectivity index (χ0n) is 11.0. The maximum absolute atomic E-state index is 13.6. The van der Waals surface area contributed by atoms with Crippen molar-refractivity contribution < 1.29 is 4.39 Å². The molecular formula is C15H20FN. The highest BCUT2D eigenvalue weighted by atomic mass is 19.1. The summed E-state index contributed by atoms with van der Waals surface area (Å²) in [5, 5.41) is 0. The van der Waals surface area contributed by atoms with E-state index in [1.54, 1.807) is 6.07 Å². The van der Waals surface area contributed by atoms with Gasteiger partial charge >= 0.3 is 0 Å². The lowest BCUT2D eigenvalue weighted by Gasteiger charge is -2.11. The minimum absolute atomic E-state index is 0.0362. The molecule has 1 aromatic carbocycles. The molecule has 0 saturated carbocycles. The number of benzene rings is 1. The van der Waals surface area contributed by atoms with Crippen molar-refractivity contribution in [3.05, 3.63) is 35.1 Å². The first-order valence-corrected chi connectivity index (χ1v) is 5.81. The second-order valence-corrected chi connectivity index (χ2v) is 5.39.